The molecule has 0 saturated carbocycles. The van der Waals surface area contributed by atoms with Gasteiger partial charge in [0.25, 0.3) is 0 Å². The van der Waals surface area contributed by atoms with Crippen LogP contribution in [0.2, 0.25) is 0 Å². The summed E-state index contributed by atoms with van der Waals surface area (Å²) in [5.74, 6) is 0.596. The van der Waals surface area contributed by atoms with Gasteiger partial charge in [0.05, 0.1) is 17.8 Å². The molecule has 1 N–H and O–H groups in total. The maximum Gasteiger partial charge on any atom is 0.150 e. The molecular formula is C16H21N3O2S. The van der Waals surface area contributed by atoms with Gasteiger partial charge in [0.15, 0.2) is 0 Å². The Kier molecular flexibility index (Phi) is 4.31. The number of rotatable bonds is 4. The maximum atomic E-state index is 11.5. The minimum absolute atomic E-state index is 0.189. The normalized spacial score (nSPS) is 19.9. The van der Waals surface area contributed by atoms with Gasteiger partial charge < -0.3 is 9.88 Å². The molecule has 1 saturated heterocycles. The van der Waals surface area contributed by atoms with E-state index in [4.69, 9.17) is 0 Å². The molecule has 1 aromatic heterocycles. The molecule has 0 amide bonds. The van der Waals surface area contributed by atoms with Gasteiger partial charge in [0.1, 0.15) is 9.84 Å². The highest BCUT2D eigenvalue weighted by atomic mass is 32.2. The molecule has 1 aliphatic rings. The van der Waals surface area contributed by atoms with Gasteiger partial charge in [-0.15, -0.1) is 0 Å². The molecule has 1 aromatic carbocycles. The molecule has 0 radical (unpaired) electrons. The zero-order chi connectivity index (χ0) is 15.6. The van der Waals surface area contributed by atoms with Gasteiger partial charge in [-0.05, 0) is 37.5 Å². The van der Waals surface area contributed by atoms with Crippen molar-refractivity contribution >= 4 is 9.84 Å². The minimum atomic E-state index is -2.80. The van der Waals surface area contributed by atoms with Crippen LogP contribution in [-0.4, -0.2) is 35.5 Å². The summed E-state index contributed by atoms with van der Waals surface area (Å²) in [6.07, 6.45) is 6.87. The molecule has 0 bridgehead atoms. The van der Waals surface area contributed by atoms with Crippen molar-refractivity contribution in [2.45, 2.75) is 31.8 Å². The van der Waals surface area contributed by atoms with Gasteiger partial charge in [-0.3, -0.25) is 0 Å². The Morgan fingerprint density at radius 3 is 2.77 bits per heavy atom. The Morgan fingerprint density at radius 1 is 1.32 bits per heavy atom. The van der Waals surface area contributed by atoms with Crippen molar-refractivity contribution in [1.29, 1.82) is 0 Å². The van der Waals surface area contributed by atoms with Crippen molar-refractivity contribution in [3.8, 4) is 5.69 Å². The fourth-order valence-corrected chi connectivity index (χ4v) is 4.36. The molecule has 1 atom stereocenters. The van der Waals surface area contributed by atoms with E-state index in [-0.39, 0.29) is 12.1 Å². The second-order valence-electron chi connectivity index (χ2n) is 5.88. The first-order valence-corrected chi connectivity index (χ1v) is 9.40. The molecule has 2 heterocycles. The minimum Gasteiger partial charge on any atom is -0.307 e. The molecule has 0 aliphatic carbocycles. The summed E-state index contributed by atoms with van der Waals surface area (Å²) in [5, 5.41) is 3.56. The molecule has 118 valence electrons. The lowest BCUT2D eigenvalue weighted by Crippen LogP contribution is -2.38. The third-order valence-corrected chi connectivity index (χ3v) is 5.93. The van der Waals surface area contributed by atoms with Crippen molar-refractivity contribution in [1.82, 2.24) is 14.9 Å². The van der Waals surface area contributed by atoms with E-state index >= 15 is 0 Å². The highest BCUT2D eigenvalue weighted by molar-refractivity contribution is 7.91. The van der Waals surface area contributed by atoms with Crippen LogP contribution in [0.15, 0.2) is 43.0 Å². The molecular weight excluding hydrogens is 298 g/mol. The maximum absolute atomic E-state index is 11.5. The monoisotopic (exact) mass is 319 g/mol. The van der Waals surface area contributed by atoms with E-state index in [9.17, 15) is 8.42 Å². The lowest BCUT2D eigenvalue weighted by Gasteiger charge is -2.27. The predicted octanol–water partition coefficient (Wildman–Crippen LogP) is 2.10. The molecule has 1 fully saturated rings. The molecule has 1 aliphatic heterocycles. The summed E-state index contributed by atoms with van der Waals surface area (Å²) in [6.45, 7) is 2.12. The largest absolute Gasteiger partial charge is 0.307 e. The fourth-order valence-electron chi connectivity index (χ4n) is 2.87. The van der Waals surface area contributed by atoms with Gasteiger partial charge in [-0.2, -0.15) is 0 Å². The van der Waals surface area contributed by atoms with Crippen LogP contribution < -0.4 is 5.32 Å². The van der Waals surface area contributed by atoms with Gasteiger partial charge in [-0.1, -0.05) is 12.1 Å². The van der Waals surface area contributed by atoms with Crippen molar-refractivity contribution in [3.05, 3.63) is 48.5 Å². The van der Waals surface area contributed by atoms with Crippen LogP contribution in [0.25, 0.3) is 5.69 Å². The van der Waals surface area contributed by atoms with E-state index in [1.807, 2.05) is 22.9 Å². The number of nitrogens with one attached hydrogen (secondary N) is 1. The van der Waals surface area contributed by atoms with Crippen molar-refractivity contribution in [2.24, 2.45) is 0 Å². The van der Waals surface area contributed by atoms with Crippen LogP contribution in [0.4, 0.5) is 0 Å². The van der Waals surface area contributed by atoms with Crippen LogP contribution in [0.3, 0.4) is 0 Å². The van der Waals surface area contributed by atoms with Crippen LogP contribution in [0.1, 0.15) is 31.4 Å². The van der Waals surface area contributed by atoms with E-state index < -0.39 is 9.84 Å². The Bertz CT molecular complexity index is 712. The zero-order valence-electron chi connectivity index (χ0n) is 12.6. The van der Waals surface area contributed by atoms with Crippen molar-refractivity contribution in [2.75, 3.05) is 11.5 Å². The van der Waals surface area contributed by atoms with E-state index in [0.29, 0.717) is 24.3 Å². The predicted molar refractivity (Wildman–Crippen MR) is 86.8 cm³/mol. The van der Waals surface area contributed by atoms with Gasteiger partial charge in [-0.25, -0.2) is 13.4 Å². The Morgan fingerprint density at radius 2 is 2.09 bits per heavy atom. The van der Waals surface area contributed by atoms with Crippen LogP contribution in [-0.2, 0) is 9.84 Å². The summed E-state index contributed by atoms with van der Waals surface area (Å²) in [5.41, 5.74) is 2.27. The van der Waals surface area contributed by atoms with E-state index in [2.05, 4.69) is 29.4 Å². The Balaban J connectivity index is 1.68. The molecule has 5 nitrogen and oxygen atoms in total. The Labute approximate surface area is 131 Å². The average molecular weight is 319 g/mol. The summed E-state index contributed by atoms with van der Waals surface area (Å²) in [7, 11) is -2.80. The van der Waals surface area contributed by atoms with Gasteiger partial charge in [0, 0.05) is 30.2 Å². The van der Waals surface area contributed by atoms with Gasteiger partial charge >= 0.3 is 0 Å². The number of nitrogens with zero attached hydrogens (tertiary/aromatic N) is 2. The van der Waals surface area contributed by atoms with Crippen molar-refractivity contribution in [3.63, 3.8) is 0 Å². The van der Waals surface area contributed by atoms with E-state index in [0.717, 1.165) is 5.69 Å². The van der Waals surface area contributed by atoms with Crippen LogP contribution >= 0.6 is 0 Å². The summed E-state index contributed by atoms with van der Waals surface area (Å²) < 4.78 is 25.0. The zero-order valence-corrected chi connectivity index (χ0v) is 13.5. The fraction of sp³-hybridized carbons (Fsp3) is 0.438. The highest BCUT2D eigenvalue weighted by Crippen LogP contribution is 2.20. The molecule has 22 heavy (non-hydrogen) atoms. The van der Waals surface area contributed by atoms with E-state index in [1.165, 1.54) is 5.56 Å². The van der Waals surface area contributed by atoms with Crippen molar-refractivity contribution < 1.29 is 8.42 Å². The molecule has 1 unspecified atom stereocenters. The topological polar surface area (TPSA) is 64.0 Å². The number of hydrogen-bond donors (Lipinski definition) is 1. The van der Waals surface area contributed by atoms with Crippen LogP contribution in [0.5, 0.6) is 0 Å². The first kappa shape index (κ1) is 15.2. The quantitative estimate of drug-likeness (QED) is 0.937. The second kappa shape index (κ2) is 6.22. The first-order chi connectivity index (χ1) is 10.5. The smallest absolute Gasteiger partial charge is 0.150 e. The van der Waals surface area contributed by atoms with Crippen LogP contribution in [0, 0.1) is 0 Å². The number of aromatic nitrogens is 2. The third kappa shape index (κ3) is 3.56. The first-order valence-electron chi connectivity index (χ1n) is 7.58. The third-order valence-electron chi connectivity index (χ3n) is 4.21. The number of hydrogen-bond acceptors (Lipinski definition) is 4. The molecule has 2 aromatic rings. The number of sulfone groups is 1. The lowest BCUT2D eigenvalue weighted by molar-refractivity contribution is 0.420. The molecule has 3 rings (SSSR count). The molecule has 0 spiro atoms. The summed E-state index contributed by atoms with van der Waals surface area (Å²) in [4.78, 5) is 4.07. The van der Waals surface area contributed by atoms with E-state index in [1.54, 1.807) is 12.5 Å². The summed E-state index contributed by atoms with van der Waals surface area (Å²) in [6, 6.07) is 8.78. The second-order valence-corrected chi connectivity index (χ2v) is 8.18. The summed E-state index contributed by atoms with van der Waals surface area (Å²) >= 11 is 0. The highest BCUT2D eigenvalue weighted by Gasteiger charge is 2.24. The lowest BCUT2D eigenvalue weighted by atomic mass is 10.0. The molecule has 6 heteroatoms. The number of imidazole rings is 1. The number of benzene rings is 1. The average Bonchev–Trinajstić information content (AvgIpc) is 3.04. The SMILES string of the molecule is CC(NC1CCS(=O)(=O)CC1)c1cccc(-n2ccnc2)c1. The van der Waals surface area contributed by atoms with Gasteiger partial charge in [0.2, 0.25) is 0 Å². The standard InChI is InChI=1S/C16H21N3O2S/c1-13(18-15-5-9-22(20,21)10-6-15)14-3-2-4-16(11-14)19-8-7-17-12-19/h2-4,7-8,11-13,15,18H,5-6,9-10H2,1H3. The Hall–Kier alpha value is -1.66.